The van der Waals surface area contributed by atoms with Crippen LogP contribution in [0.15, 0.2) is 28.7 Å². The first kappa shape index (κ1) is 15.9. The first-order chi connectivity index (χ1) is 9.95. The minimum Gasteiger partial charge on any atom is -0.486 e. The number of halogens is 2. The second kappa shape index (κ2) is 6.96. The number of nitrogens with one attached hydrogen (secondary N) is 1. The lowest BCUT2D eigenvalue weighted by atomic mass is 10.2. The maximum atomic E-state index is 13.1. The van der Waals surface area contributed by atoms with E-state index in [-0.39, 0.29) is 11.6 Å². The van der Waals surface area contributed by atoms with Crippen LogP contribution in [0.5, 0.6) is 5.75 Å². The lowest BCUT2D eigenvalue weighted by Gasteiger charge is -2.06. The van der Waals surface area contributed by atoms with Gasteiger partial charge in [-0.3, -0.25) is 0 Å². The lowest BCUT2D eigenvalue weighted by molar-refractivity contribution is 0.264. The van der Waals surface area contributed by atoms with Gasteiger partial charge in [0.2, 0.25) is 0 Å². The molecule has 0 unspecified atom stereocenters. The molecule has 0 saturated carbocycles. The van der Waals surface area contributed by atoms with Crippen LogP contribution in [0.2, 0.25) is 5.02 Å². The lowest BCUT2D eigenvalue weighted by Crippen LogP contribution is -2.21. The van der Waals surface area contributed by atoms with E-state index in [4.69, 9.17) is 20.8 Å². The van der Waals surface area contributed by atoms with E-state index in [1.807, 2.05) is 13.0 Å². The summed E-state index contributed by atoms with van der Waals surface area (Å²) in [7, 11) is 0. The standard InChI is InChI=1S/C16H19ClFNO2/c1-10(2)19-8-16-11(3)6-13(21-16)9-20-12-4-5-15(18)14(17)7-12/h4-7,10,19H,8-9H2,1-3H3. The summed E-state index contributed by atoms with van der Waals surface area (Å²) in [6, 6.07) is 6.62. The summed E-state index contributed by atoms with van der Waals surface area (Å²) < 4.78 is 24.4. The molecule has 1 heterocycles. The Hall–Kier alpha value is -1.52. The molecule has 0 atom stereocenters. The summed E-state index contributed by atoms with van der Waals surface area (Å²) in [6.07, 6.45) is 0. The Morgan fingerprint density at radius 1 is 1.33 bits per heavy atom. The van der Waals surface area contributed by atoms with Gasteiger partial charge in [0, 0.05) is 12.1 Å². The maximum absolute atomic E-state index is 13.1. The van der Waals surface area contributed by atoms with Crippen LogP contribution in [0.25, 0.3) is 0 Å². The molecule has 0 aliphatic carbocycles. The van der Waals surface area contributed by atoms with Gasteiger partial charge in [-0.2, -0.15) is 0 Å². The van der Waals surface area contributed by atoms with E-state index in [1.54, 1.807) is 0 Å². The molecule has 1 aromatic carbocycles. The van der Waals surface area contributed by atoms with Crippen molar-refractivity contribution in [1.29, 1.82) is 0 Å². The molecule has 21 heavy (non-hydrogen) atoms. The van der Waals surface area contributed by atoms with Crippen LogP contribution in [-0.2, 0) is 13.2 Å². The summed E-state index contributed by atoms with van der Waals surface area (Å²) >= 11 is 5.71. The van der Waals surface area contributed by atoms with Gasteiger partial charge in [-0.1, -0.05) is 25.4 Å². The van der Waals surface area contributed by atoms with Gasteiger partial charge in [-0.25, -0.2) is 4.39 Å². The first-order valence-corrected chi connectivity index (χ1v) is 7.23. The van der Waals surface area contributed by atoms with Gasteiger partial charge in [0.15, 0.2) is 0 Å². The zero-order valence-corrected chi connectivity index (χ0v) is 13.1. The molecule has 0 bridgehead atoms. The zero-order valence-electron chi connectivity index (χ0n) is 12.4. The predicted octanol–water partition coefficient (Wildman–Crippen LogP) is 4.46. The summed E-state index contributed by atoms with van der Waals surface area (Å²) in [4.78, 5) is 0. The number of hydrogen-bond donors (Lipinski definition) is 1. The number of aryl methyl sites for hydroxylation is 1. The highest BCUT2D eigenvalue weighted by Gasteiger charge is 2.09. The summed E-state index contributed by atoms with van der Waals surface area (Å²) in [6.45, 7) is 7.14. The predicted molar refractivity (Wildman–Crippen MR) is 81.2 cm³/mol. The molecule has 114 valence electrons. The topological polar surface area (TPSA) is 34.4 Å². The normalized spacial score (nSPS) is 11.1. The molecule has 0 aliphatic rings. The third-order valence-corrected chi connectivity index (χ3v) is 3.30. The second-order valence-electron chi connectivity index (χ2n) is 5.22. The van der Waals surface area contributed by atoms with Crippen molar-refractivity contribution in [2.75, 3.05) is 0 Å². The largest absolute Gasteiger partial charge is 0.486 e. The van der Waals surface area contributed by atoms with Crippen molar-refractivity contribution in [3.05, 3.63) is 52.2 Å². The molecule has 1 aromatic heterocycles. The smallest absolute Gasteiger partial charge is 0.146 e. The molecule has 0 fully saturated rings. The average molecular weight is 312 g/mol. The van der Waals surface area contributed by atoms with E-state index in [2.05, 4.69) is 19.2 Å². The molecule has 5 heteroatoms. The molecule has 3 nitrogen and oxygen atoms in total. The van der Waals surface area contributed by atoms with E-state index in [1.165, 1.54) is 18.2 Å². The average Bonchev–Trinajstić information content (AvgIpc) is 2.78. The number of benzene rings is 1. The van der Waals surface area contributed by atoms with Crippen LogP contribution < -0.4 is 10.1 Å². The van der Waals surface area contributed by atoms with Crippen LogP contribution in [-0.4, -0.2) is 6.04 Å². The number of furan rings is 1. The SMILES string of the molecule is Cc1cc(COc2ccc(F)c(Cl)c2)oc1CNC(C)C. The molecule has 0 saturated heterocycles. The highest BCUT2D eigenvalue weighted by molar-refractivity contribution is 6.30. The van der Waals surface area contributed by atoms with Gasteiger partial charge in [0.1, 0.15) is 29.7 Å². The van der Waals surface area contributed by atoms with Gasteiger partial charge < -0.3 is 14.5 Å². The highest BCUT2D eigenvalue weighted by atomic mass is 35.5. The van der Waals surface area contributed by atoms with Crippen molar-refractivity contribution in [2.45, 2.75) is 40.0 Å². The Balaban J connectivity index is 1.96. The van der Waals surface area contributed by atoms with Gasteiger partial charge >= 0.3 is 0 Å². The molecule has 0 amide bonds. The molecule has 2 aromatic rings. The summed E-state index contributed by atoms with van der Waals surface area (Å²) in [5.74, 6) is 1.69. The van der Waals surface area contributed by atoms with Crippen LogP contribution in [0, 0.1) is 12.7 Å². The van der Waals surface area contributed by atoms with Crippen LogP contribution in [0.1, 0.15) is 30.9 Å². The Labute approximate surface area is 129 Å². The van der Waals surface area contributed by atoms with Gasteiger partial charge in [0.25, 0.3) is 0 Å². The Morgan fingerprint density at radius 2 is 2.10 bits per heavy atom. The van der Waals surface area contributed by atoms with Crippen molar-refractivity contribution >= 4 is 11.6 Å². The van der Waals surface area contributed by atoms with Crippen LogP contribution in [0.4, 0.5) is 4.39 Å². The van der Waals surface area contributed by atoms with Crippen molar-refractivity contribution in [3.63, 3.8) is 0 Å². The van der Waals surface area contributed by atoms with Crippen molar-refractivity contribution in [3.8, 4) is 5.75 Å². The van der Waals surface area contributed by atoms with E-state index >= 15 is 0 Å². The fourth-order valence-corrected chi connectivity index (χ4v) is 2.03. The molecule has 0 aliphatic heterocycles. The Bertz CT molecular complexity index is 610. The zero-order chi connectivity index (χ0) is 15.4. The van der Waals surface area contributed by atoms with Gasteiger partial charge in [0.05, 0.1) is 11.6 Å². The summed E-state index contributed by atoms with van der Waals surface area (Å²) in [5, 5.41) is 3.36. The fourth-order valence-electron chi connectivity index (χ4n) is 1.85. The minimum absolute atomic E-state index is 0.0462. The molecular formula is C16H19ClFNO2. The van der Waals surface area contributed by atoms with E-state index < -0.39 is 5.82 Å². The van der Waals surface area contributed by atoms with Crippen LogP contribution >= 0.6 is 11.6 Å². The molecule has 0 radical (unpaired) electrons. The molecule has 1 N–H and O–H groups in total. The minimum atomic E-state index is -0.458. The van der Waals surface area contributed by atoms with E-state index in [0.717, 1.165) is 17.1 Å². The second-order valence-corrected chi connectivity index (χ2v) is 5.63. The van der Waals surface area contributed by atoms with Crippen molar-refractivity contribution in [1.82, 2.24) is 5.32 Å². The monoisotopic (exact) mass is 311 g/mol. The quantitative estimate of drug-likeness (QED) is 0.855. The molecular weight excluding hydrogens is 293 g/mol. The van der Waals surface area contributed by atoms with Gasteiger partial charge in [-0.05, 0) is 30.7 Å². The Morgan fingerprint density at radius 3 is 2.76 bits per heavy atom. The van der Waals surface area contributed by atoms with Crippen LogP contribution in [0.3, 0.4) is 0 Å². The first-order valence-electron chi connectivity index (χ1n) is 6.85. The Kier molecular flexibility index (Phi) is 5.26. The van der Waals surface area contributed by atoms with Crippen molar-refractivity contribution < 1.29 is 13.5 Å². The number of rotatable bonds is 6. The number of hydrogen-bond acceptors (Lipinski definition) is 3. The third kappa shape index (κ3) is 4.48. The van der Waals surface area contributed by atoms with E-state index in [9.17, 15) is 4.39 Å². The van der Waals surface area contributed by atoms with Crippen molar-refractivity contribution in [2.24, 2.45) is 0 Å². The third-order valence-electron chi connectivity index (χ3n) is 3.01. The van der Waals surface area contributed by atoms with E-state index in [0.29, 0.717) is 18.3 Å². The molecule has 2 rings (SSSR count). The van der Waals surface area contributed by atoms with Gasteiger partial charge in [-0.15, -0.1) is 0 Å². The molecule has 0 spiro atoms. The highest BCUT2D eigenvalue weighted by Crippen LogP contribution is 2.23. The number of ether oxygens (including phenoxy) is 1. The maximum Gasteiger partial charge on any atom is 0.146 e. The summed E-state index contributed by atoms with van der Waals surface area (Å²) in [5.41, 5.74) is 1.08. The fraction of sp³-hybridized carbons (Fsp3) is 0.375.